The van der Waals surface area contributed by atoms with E-state index in [9.17, 15) is 22.8 Å². The number of ether oxygens (including phenoxy) is 1. The molecule has 0 heterocycles. The summed E-state index contributed by atoms with van der Waals surface area (Å²) < 4.78 is 45.7. The molecule has 1 aromatic rings. The van der Waals surface area contributed by atoms with Gasteiger partial charge in [0.2, 0.25) is 5.91 Å². The maximum atomic E-state index is 13.7. The summed E-state index contributed by atoms with van der Waals surface area (Å²) in [5, 5.41) is 4.09. The number of amides is 1. The third-order valence-electron chi connectivity index (χ3n) is 2.99. The molecular formula is C15H18ClF3N2O3. The fraction of sp³-hybridized carbons (Fsp3) is 0.467. The molecule has 1 rings (SSSR count). The molecule has 5 nitrogen and oxygen atoms in total. The topological polar surface area (TPSA) is 67.4 Å². The highest BCUT2D eigenvalue weighted by Crippen LogP contribution is 2.33. The number of hydrogen-bond donors (Lipinski definition) is 2. The van der Waals surface area contributed by atoms with Crippen molar-refractivity contribution in [3.8, 4) is 0 Å². The van der Waals surface area contributed by atoms with Gasteiger partial charge in [-0.1, -0.05) is 18.5 Å². The molecule has 1 atom stereocenters. The molecule has 1 unspecified atom stereocenters. The zero-order valence-corrected chi connectivity index (χ0v) is 13.9. The summed E-state index contributed by atoms with van der Waals surface area (Å²) in [6.45, 7) is 2.73. The van der Waals surface area contributed by atoms with Crippen LogP contribution >= 0.6 is 11.6 Å². The van der Waals surface area contributed by atoms with Gasteiger partial charge in [-0.15, -0.1) is 0 Å². The lowest BCUT2D eigenvalue weighted by atomic mass is 10.1. The summed E-state index contributed by atoms with van der Waals surface area (Å²) >= 11 is 5.70. The van der Waals surface area contributed by atoms with Gasteiger partial charge in [0.25, 0.3) is 0 Å². The Morgan fingerprint density at radius 2 is 1.75 bits per heavy atom. The second-order valence-corrected chi connectivity index (χ2v) is 5.33. The van der Waals surface area contributed by atoms with Crippen molar-refractivity contribution in [1.29, 1.82) is 0 Å². The van der Waals surface area contributed by atoms with Crippen LogP contribution in [0.1, 0.15) is 26.7 Å². The first-order chi connectivity index (χ1) is 11.2. The van der Waals surface area contributed by atoms with E-state index in [-0.39, 0.29) is 18.7 Å². The highest BCUT2D eigenvalue weighted by Gasteiger charge is 2.63. The van der Waals surface area contributed by atoms with Crippen LogP contribution in [0.25, 0.3) is 0 Å². The van der Waals surface area contributed by atoms with Crippen LogP contribution in [0, 0.1) is 0 Å². The van der Waals surface area contributed by atoms with Gasteiger partial charge in [0, 0.05) is 17.1 Å². The second-order valence-electron chi connectivity index (χ2n) is 4.90. The molecule has 0 saturated carbocycles. The molecule has 134 valence electrons. The van der Waals surface area contributed by atoms with Crippen LogP contribution in [0.5, 0.6) is 0 Å². The minimum Gasteiger partial charge on any atom is -0.463 e. The first-order valence-electron chi connectivity index (χ1n) is 7.25. The largest absolute Gasteiger partial charge is 0.463 e. The van der Waals surface area contributed by atoms with Crippen molar-refractivity contribution in [2.75, 3.05) is 11.9 Å². The lowest BCUT2D eigenvalue weighted by Crippen LogP contribution is -2.69. The first-order valence-corrected chi connectivity index (χ1v) is 7.62. The zero-order valence-electron chi connectivity index (χ0n) is 13.2. The molecule has 0 aliphatic carbocycles. The molecule has 0 fully saturated rings. The second kappa shape index (κ2) is 8.23. The Hall–Kier alpha value is -1.96. The van der Waals surface area contributed by atoms with E-state index in [2.05, 4.69) is 4.74 Å². The number of alkyl halides is 3. The van der Waals surface area contributed by atoms with Crippen LogP contribution in [0.2, 0.25) is 5.02 Å². The van der Waals surface area contributed by atoms with Gasteiger partial charge in [0.15, 0.2) is 0 Å². The Balaban J connectivity index is 3.30. The van der Waals surface area contributed by atoms with E-state index in [1.165, 1.54) is 31.2 Å². The lowest BCUT2D eigenvalue weighted by molar-refractivity contribution is -0.207. The molecular weight excluding hydrogens is 349 g/mol. The number of carbonyl (C=O) groups excluding carboxylic acids is 2. The van der Waals surface area contributed by atoms with Gasteiger partial charge in [-0.05, 0) is 37.6 Å². The summed E-state index contributed by atoms with van der Waals surface area (Å²) in [4.78, 5) is 23.9. The van der Waals surface area contributed by atoms with E-state index in [4.69, 9.17) is 11.6 Å². The lowest BCUT2D eigenvalue weighted by Gasteiger charge is -2.35. The van der Waals surface area contributed by atoms with Gasteiger partial charge >= 0.3 is 17.8 Å². The number of benzene rings is 1. The van der Waals surface area contributed by atoms with Crippen molar-refractivity contribution in [3.63, 3.8) is 0 Å². The number of carbonyl (C=O) groups is 2. The van der Waals surface area contributed by atoms with Crippen LogP contribution in [-0.4, -0.2) is 30.3 Å². The molecule has 1 amide bonds. The molecule has 1 aromatic carbocycles. The molecule has 0 saturated heterocycles. The Bertz CT molecular complexity index is 578. The van der Waals surface area contributed by atoms with E-state index < -0.39 is 23.7 Å². The number of halogens is 4. The zero-order chi connectivity index (χ0) is 18.4. The number of anilines is 1. The monoisotopic (exact) mass is 366 g/mol. The summed E-state index contributed by atoms with van der Waals surface area (Å²) in [6.07, 6.45) is -4.98. The maximum absolute atomic E-state index is 13.7. The van der Waals surface area contributed by atoms with Gasteiger partial charge in [-0.2, -0.15) is 13.2 Å². The van der Waals surface area contributed by atoms with E-state index in [1.54, 1.807) is 12.2 Å². The quantitative estimate of drug-likeness (QED) is 0.572. The standard InChI is InChI=1S/C15H18ClF3N2O3/c1-3-5-12(22)21-14(15(17,18)19,13(23)24-4-2)20-11-8-6-10(16)7-9-11/h6-9,20H,3-5H2,1-2H3,(H,21,22). The SMILES string of the molecule is CCCC(=O)NC(Nc1ccc(Cl)cc1)(C(=O)OCC)C(F)(F)F. The predicted octanol–water partition coefficient (Wildman–Crippen LogP) is 3.49. The number of hydrogen-bond acceptors (Lipinski definition) is 4. The Morgan fingerprint density at radius 3 is 2.21 bits per heavy atom. The summed E-state index contributed by atoms with van der Waals surface area (Å²) in [5.41, 5.74) is -3.44. The fourth-order valence-electron chi connectivity index (χ4n) is 1.88. The van der Waals surface area contributed by atoms with Gasteiger partial charge in [-0.3, -0.25) is 4.79 Å². The van der Waals surface area contributed by atoms with Crippen molar-refractivity contribution >= 4 is 29.2 Å². The number of nitrogens with one attached hydrogen (secondary N) is 2. The van der Waals surface area contributed by atoms with E-state index in [0.29, 0.717) is 11.4 Å². The van der Waals surface area contributed by atoms with Crippen LogP contribution < -0.4 is 10.6 Å². The van der Waals surface area contributed by atoms with Crippen LogP contribution in [0.4, 0.5) is 18.9 Å². The average molecular weight is 367 g/mol. The molecule has 0 aliphatic heterocycles. The summed E-state index contributed by atoms with van der Waals surface area (Å²) in [6, 6.07) is 5.22. The molecule has 0 bridgehead atoms. The summed E-state index contributed by atoms with van der Waals surface area (Å²) in [5.74, 6) is -2.57. The third kappa shape index (κ3) is 4.77. The highest BCUT2D eigenvalue weighted by molar-refractivity contribution is 6.30. The normalized spacial score (nSPS) is 13.8. The van der Waals surface area contributed by atoms with E-state index in [0.717, 1.165) is 0 Å². The Morgan fingerprint density at radius 1 is 1.17 bits per heavy atom. The molecule has 0 aliphatic rings. The van der Waals surface area contributed by atoms with Crippen LogP contribution in [0.15, 0.2) is 24.3 Å². The van der Waals surface area contributed by atoms with Gasteiger partial charge < -0.3 is 15.4 Å². The van der Waals surface area contributed by atoms with Gasteiger partial charge in [0.05, 0.1) is 6.61 Å². The first kappa shape index (κ1) is 20.1. The number of esters is 1. The average Bonchev–Trinajstić information content (AvgIpc) is 2.48. The summed E-state index contributed by atoms with van der Waals surface area (Å²) in [7, 11) is 0. The molecule has 24 heavy (non-hydrogen) atoms. The minimum absolute atomic E-state index is 0.0541. The van der Waals surface area contributed by atoms with Crippen molar-refractivity contribution in [2.45, 2.75) is 38.5 Å². The van der Waals surface area contributed by atoms with Crippen molar-refractivity contribution in [1.82, 2.24) is 5.32 Å². The van der Waals surface area contributed by atoms with Crippen LogP contribution in [0.3, 0.4) is 0 Å². The Labute approximate surface area is 142 Å². The maximum Gasteiger partial charge on any atom is 0.441 e. The Kier molecular flexibility index (Phi) is 6.89. The molecule has 0 aromatic heterocycles. The van der Waals surface area contributed by atoms with Crippen molar-refractivity contribution in [2.24, 2.45) is 0 Å². The fourth-order valence-corrected chi connectivity index (χ4v) is 2.00. The molecule has 0 spiro atoms. The molecule has 0 radical (unpaired) electrons. The van der Waals surface area contributed by atoms with Crippen LogP contribution in [-0.2, 0) is 14.3 Å². The predicted molar refractivity (Wildman–Crippen MR) is 83.5 cm³/mol. The van der Waals surface area contributed by atoms with E-state index in [1.807, 2.05) is 5.32 Å². The number of rotatable bonds is 7. The molecule has 9 heteroatoms. The van der Waals surface area contributed by atoms with Gasteiger partial charge in [-0.25, -0.2) is 4.79 Å². The highest BCUT2D eigenvalue weighted by atomic mass is 35.5. The smallest absolute Gasteiger partial charge is 0.441 e. The van der Waals surface area contributed by atoms with Crippen molar-refractivity contribution < 1.29 is 27.5 Å². The van der Waals surface area contributed by atoms with Crippen molar-refractivity contribution in [3.05, 3.63) is 29.3 Å². The van der Waals surface area contributed by atoms with E-state index >= 15 is 0 Å². The third-order valence-corrected chi connectivity index (χ3v) is 3.24. The van der Waals surface area contributed by atoms with Gasteiger partial charge in [0.1, 0.15) is 0 Å². The molecule has 2 N–H and O–H groups in total. The minimum atomic E-state index is -5.14.